The average molecular weight is 428 g/mol. The molecule has 0 unspecified atom stereocenters. The topological polar surface area (TPSA) is 21.3 Å². The molecule has 0 aliphatic carbocycles. The van der Waals surface area contributed by atoms with E-state index in [0.29, 0.717) is 35.0 Å². The van der Waals surface area contributed by atoms with Gasteiger partial charge in [0, 0.05) is 23.2 Å². The molecule has 0 aliphatic rings. The van der Waals surface area contributed by atoms with Crippen LogP contribution in [0, 0.1) is 6.92 Å². The van der Waals surface area contributed by atoms with Crippen molar-refractivity contribution in [3.8, 4) is 5.75 Å². The van der Waals surface area contributed by atoms with Gasteiger partial charge in [0.2, 0.25) is 0 Å². The fraction of sp³-hybridized carbons (Fsp3) is 0.280. The molecule has 3 rings (SSSR count). The maximum absolute atomic E-state index is 6.45. The summed E-state index contributed by atoms with van der Waals surface area (Å²) < 4.78 is 6.08. The third-order valence-electron chi connectivity index (χ3n) is 4.94. The minimum Gasteiger partial charge on any atom is -0.487 e. The summed E-state index contributed by atoms with van der Waals surface area (Å²) in [4.78, 5) is 0. The second kappa shape index (κ2) is 10.7. The first-order chi connectivity index (χ1) is 14.0. The van der Waals surface area contributed by atoms with E-state index in [1.807, 2.05) is 12.1 Å². The first-order valence-electron chi connectivity index (χ1n) is 9.95. The van der Waals surface area contributed by atoms with Gasteiger partial charge in [-0.05, 0) is 49.9 Å². The summed E-state index contributed by atoms with van der Waals surface area (Å²) in [6, 6.07) is 22.9. The molecule has 1 atom stereocenters. The largest absolute Gasteiger partial charge is 0.487 e. The fourth-order valence-electron chi connectivity index (χ4n) is 3.16. The molecule has 152 valence electrons. The van der Waals surface area contributed by atoms with Crippen LogP contribution >= 0.6 is 23.2 Å². The van der Waals surface area contributed by atoms with E-state index in [0.717, 1.165) is 24.0 Å². The van der Waals surface area contributed by atoms with Gasteiger partial charge in [-0.3, -0.25) is 0 Å². The summed E-state index contributed by atoms with van der Waals surface area (Å²) in [6.07, 6.45) is 2.10. The molecule has 3 aromatic rings. The number of hydrogen-bond donors (Lipinski definition) is 1. The minimum atomic E-state index is 0.359. The molecule has 2 nitrogen and oxygen atoms in total. The molecular formula is C25H27Cl2NO. The van der Waals surface area contributed by atoms with E-state index >= 15 is 0 Å². The summed E-state index contributed by atoms with van der Waals surface area (Å²) in [6.45, 7) is 5.39. The van der Waals surface area contributed by atoms with Gasteiger partial charge in [-0.25, -0.2) is 0 Å². The Hall–Kier alpha value is -2.00. The first kappa shape index (κ1) is 21.7. The quantitative estimate of drug-likeness (QED) is 0.397. The Kier molecular flexibility index (Phi) is 8.00. The van der Waals surface area contributed by atoms with Gasteiger partial charge in [0.25, 0.3) is 0 Å². The number of halogens is 2. The van der Waals surface area contributed by atoms with Crippen LogP contribution in [0.15, 0.2) is 66.7 Å². The highest BCUT2D eigenvalue weighted by Gasteiger charge is 2.13. The van der Waals surface area contributed by atoms with Crippen molar-refractivity contribution in [3.05, 3.63) is 99.0 Å². The van der Waals surface area contributed by atoms with E-state index in [1.165, 1.54) is 11.1 Å². The molecular weight excluding hydrogens is 401 g/mol. The summed E-state index contributed by atoms with van der Waals surface area (Å²) in [5.41, 5.74) is 4.67. The number of rotatable bonds is 9. The highest BCUT2D eigenvalue weighted by atomic mass is 35.5. The van der Waals surface area contributed by atoms with Gasteiger partial charge in [-0.15, -0.1) is 0 Å². The Morgan fingerprint density at radius 2 is 1.66 bits per heavy atom. The van der Waals surface area contributed by atoms with Gasteiger partial charge >= 0.3 is 0 Å². The molecule has 3 aromatic carbocycles. The molecule has 29 heavy (non-hydrogen) atoms. The highest BCUT2D eigenvalue weighted by Crippen LogP contribution is 2.33. The monoisotopic (exact) mass is 427 g/mol. The first-order valence-corrected chi connectivity index (χ1v) is 10.7. The lowest BCUT2D eigenvalue weighted by Gasteiger charge is -2.18. The van der Waals surface area contributed by atoms with Gasteiger partial charge < -0.3 is 10.1 Å². The van der Waals surface area contributed by atoms with Crippen molar-refractivity contribution >= 4 is 23.2 Å². The second-order valence-corrected chi connectivity index (χ2v) is 8.30. The minimum absolute atomic E-state index is 0.359. The molecule has 0 amide bonds. The maximum atomic E-state index is 6.45. The normalized spacial score (nSPS) is 12.0. The van der Waals surface area contributed by atoms with Gasteiger partial charge in [0.05, 0.1) is 5.02 Å². The number of aryl methyl sites for hydroxylation is 2. The van der Waals surface area contributed by atoms with Crippen molar-refractivity contribution in [1.29, 1.82) is 0 Å². The van der Waals surface area contributed by atoms with Crippen LogP contribution in [0.3, 0.4) is 0 Å². The van der Waals surface area contributed by atoms with Crippen molar-refractivity contribution in [1.82, 2.24) is 5.32 Å². The van der Waals surface area contributed by atoms with Crippen molar-refractivity contribution in [2.75, 3.05) is 0 Å². The van der Waals surface area contributed by atoms with Crippen molar-refractivity contribution < 1.29 is 4.74 Å². The number of hydrogen-bond acceptors (Lipinski definition) is 2. The SMILES string of the molecule is Cc1ccc(COc2c(Cl)cc(Cl)cc2CN[C@@H](C)CCc2ccccc2)cc1. The third-order valence-corrected chi connectivity index (χ3v) is 5.44. The van der Waals surface area contributed by atoms with Crippen LogP contribution in [-0.2, 0) is 19.6 Å². The molecule has 0 aromatic heterocycles. The maximum Gasteiger partial charge on any atom is 0.142 e. The molecule has 1 N–H and O–H groups in total. The Labute approximate surface area is 183 Å². The second-order valence-electron chi connectivity index (χ2n) is 7.46. The van der Waals surface area contributed by atoms with E-state index in [9.17, 15) is 0 Å². The summed E-state index contributed by atoms with van der Waals surface area (Å²) >= 11 is 12.7. The molecule has 4 heteroatoms. The predicted octanol–water partition coefficient (Wildman–Crippen LogP) is 6.99. The van der Waals surface area contributed by atoms with Crippen molar-refractivity contribution in [2.24, 2.45) is 0 Å². The lowest BCUT2D eigenvalue weighted by molar-refractivity contribution is 0.301. The van der Waals surface area contributed by atoms with E-state index in [1.54, 1.807) is 6.07 Å². The highest BCUT2D eigenvalue weighted by molar-refractivity contribution is 6.35. The van der Waals surface area contributed by atoms with Crippen LogP contribution in [0.1, 0.15) is 35.6 Å². The van der Waals surface area contributed by atoms with Crippen LogP contribution in [0.25, 0.3) is 0 Å². The molecule has 0 heterocycles. The van der Waals surface area contributed by atoms with E-state index in [2.05, 4.69) is 67.7 Å². The lowest BCUT2D eigenvalue weighted by Crippen LogP contribution is -2.26. The summed E-state index contributed by atoms with van der Waals surface area (Å²) in [5.74, 6) is 0.694. The van der Waals surface area contributed by atoms with E-state index in [-0.39, 0.29) is 0 Å². The average Bonchev–Trinajstić information content (AvgIpc) is 2.72. The molecule has 0 spiro atoms. The van der Waals surface area contributed by atoms with Gasteiger partial charge in [0.15, 0.2) is 0 Å². The van der Waals surface area contributed by atoms with Crippen molar-refractivity contribution in [3.63, 3.8) is 0 Å². The number of nitrogens with one attached hydrogen (secondary N) is 1. The molecule has 0 saturated heterocycles. The van der Waals surface area contributed by atoms with Gasteiger partial charge in [-0.2, -0.15) is 0 Å². The molecule has 0 fully saturated rings. The zero-order valence-corrected chi connectivity index (χ0v) is 18.4. The van der Waals surface area contributed by atoms with Crippen LogP contribution in [0.2, 0.25) is 10.0 Å². The number of benzene rings is 3. The zero-order chi connectivity index (χ0) is 20.6. The Morgan fingerprint density at radius 3 is 2.38 bits per heavy atom. The standard InChI is InChI=1S/C25H27Cl2NO/c1-18-8-11-21(12-9-18)17-29-25-22(14-23(26)15-24(25)27)16-28-19(2)10-13-20-6-4-3-5-7-20/h3-9,11-12,14-15,19,28H,10,13,16-17H2,1-2H3/t19-/m0/s1. The van der Waals surface area contributed by atoms with Crippen LogP contribution in [-0.4, -0.2) is 6.04 Å². The van der Waals surface area contributed by atoms with Crippen LogP contribution < -0.4 is 10.1 Å². The third kappa shape index (κ3) is 6.78. The van der Waals surface area contributed by atoms with Crippen molar-refractivity contribution in [2.45, 2.75) is 45.9 Å². The molecule has 0 saturated carbocycles. The Balaban J connectivity index is 1.60. The molecule has 0 aliphatic heterocycles. The van der Waals surface area contributed by atoms with Crippen LogP contribution in [0.5, 0.6) is 5.75 Å². The van der Waals surface area contributed by atoms with E-state index in [4.69, 9.17) is 27.9 Å². The van der Waals surface area contributed by atoms with E-state index < -0.39 is 0 Å². The molecule has 0 radical (unpaired) electrons. The fourth-order valence-corrected chi connectivity index (χ4v) is 3.75. The summed E-state index contributed by atoms with van der Waals surface area (Å²) in [5, 5.41) is 4.73. The smallest absolute Gasteiger partial charge is 0.142 e. The summed E-state index contributed by atoms with van der Waals surface area (Å²) in [7, 11) is 0. The van der Waals surface area contributed by atoms with Crippen LogP contribution in [0.4, 0.5) is 0 Å². The Morgan fingerprint density at radius 1 is 0.931 bits per heavy atom. The number of ether oxygens (including phenoxy) is 1. The molecule has 0 bridgehead atoms. The predicted molar refractivity (Wildman–Crippen MR) is 123 cm³/mol. The van der Waals surface area contributed by atoms with Gasteiger partial charge in [-0.1, -0.05) is 83.4 Å². The Bertz CT molecular complexity index is 910. The lowest BCUT2D eigenvalue weighted by atomic mass is 10.1. The zero-order valence-electron chi connectivity index (χ0n) is 16.9. The van der Waals surface area contributed by atoms with Gasteiger partial charge in [0.1, 0.15) is 12.4 Å².